The number of alkyl carbamates (subject to hydrolysis) is 1. The molecule has 1 heterocycles. The lowest BCUT2D eigenvalue weighted by Gasteiger charge is -2.28. The van der Waals surface area contributed by atoms with Gasteiger partial charge in [0.05, 0.1) is 6.04 Å². The van der Waals surface area contributed by atoms with Gasteiger partial charge in [0.2, 0.25) is 17.3 Å². The van der Waals surface area contributed by atoms with Crippen molar-refractivity contribution >= 4 is 51.4 Å². The van der Waals surface area contributed by atoms with Crippen LogP contribution in [-0.4, -0.2) is 71.4 Å². The lowest BCUT2D eigenvalue weighted by Crippen LogP contribution is -2.55. The third kappa shape index (κ3) is 10.6. The molecule has 5 N–H and O–H groups in total. The molecule has 0 bridgehead atoms. The van der Waals surface area contributed by atoms with Crippen LogP contribution in [-0.2, 0) is 24.4 Å². The Bertz CT molecular complexity index is 1100. The maximum Gasteiger partial charge on any atom is 0.407 e. The van der Waals surface area contributed by atoms with Crippen molar-refractivity contribution in [3.8, 4) is 0 Å². The maximum atomic E-state index is 13.1. The largest absolute Gasteiger partial charge is 0.448 e. The van der Waals surface area contributed by atoms with Crippen LogP contribution in [0, 0.1) is 11.8 Å². The van der Waals surface area contributed by atoms with Crippen LogP contribution in [0.4, 0.5) is 4.79 Å². The molecule has 1 fully saturated rings. The van der Waals surface area contributed by atoms with Gasteiger partial charge in [0.25, 0.3) is 10.1 Å². The van der Waals surface area contributed by atoms with E-state index < -0.39 is 50.3 Å². The number of ether oxygens (including phenoxy) is 1. The van der Waals surface area contributed by atoms with E-state index >= 15 is 0 Å². The van der Waals surface area contributed by atoms with Gasteiger partial charge in [-0.3, -0.25) is 14.1 Å². The Morgan fingerprint density at radius 2 is 1.97 bits per heavy atom. The standard InChI is InChI=1S/C24H36ClN3O8S2/c1-14(2)10-18(28-23(32)36-13-24(3,4)37-17-7-5-6-16(25)12-17)21(30)27-19(22(31)38(33,34)35)11-15-8-9-26-20(15)29/h5-7,12,14-15,18-19,22,31H,8-11,13H2,1-4H3,(H,26,29)(H,27,30)(H,28,32)(H,33,34,35)/t15-,18-,19-,22-/m0/s1. The van der Waals surface area contributed by atoms with E-state index in [0.29, 0.717) is 18.0 Å². The maximum absolute atomic E-state index is 13.1. The number of nitrogens with one attached hydrogen (secondary N) is 3. The lowest BCUT2D eigenvalue weighted by molar-refractivity contribution is -0.126. The SMILES string of the molecule is CC(C)C[C@H](NC(=O)OCC(C)(C)Sc1cccc(Cl)c1)C(=O)N[C@@H](C[C@@H]1CCNC1=O)[C@@H](O)S(=O)(=O)O. The van der Waals surface area contributed by atoms with Crippen molar-refractivity contribution in [2.75, 3.05) is 13.2 Å². The van der Waals surface area contributed by atoms with Gasteiger partial charge in [-0.1, -0.05) is 31.5 Å². The van der Waals surface area contributed by atoms with Gasteiger partial charge in [0.1, 0.15) is 12.6 Å². The molecule has 0 unspecified atom stereocenters. The molecule has 0 saturated carbocycles. The summed E-state index contributed by atoms with van der Waals surface area (Å²) >= 11 is 7.49. The van der Waals surface area contributed by atoms with E-state index in [2.05, 4.69) is 16.0 Å². The zero-order valence-electron chi connectivity index (χ0n) is 21.8. The van der Waals surface area contributed by atoms with Crippen molar-refractivity contribution in [1.82, 2.24) is 16.0 Å². The topological polar surface area (TPSA) is 171 Å². The minimum Gasteiger partial charge on any atom is -0.448 e. The molecule has 11 nitrogen and oxygen atoms in total. The fourth-order valence-electron chi connectivity index (χ4n) is 3.92. The number of carbonyl (C=O) groups is 3. The van der Waals surface area contributed by atoms with Gasteiger partial charge in [-0.2, -0.15) is 8.42 Å². The van der Waals surface area contributed by atoms with Crippen LogP contribution < -0.4 is 16.0 Å². The van der Waals surface area contributed by atoms with Crippen LogP contribution in [0.2, 0.25) is 5.02 Å². The Labute approximate surface area is 232 Å². The molecular weight excluding hydrogens is 558 g/mol. The smallest absolute Gasteiger partial charge is 0.407 e. The molecule has 0 aliphatic carbocycles. The Morgan fingerprint density at radius 3 is 2.53 bits per heavy atom. The molecule has 0 radical (unpaired) electrons. The molecule has 0 aromatic heterocycles. The molecule has 38 heavy (non-hydrogen) atoms. The number of thioether (sulfide) groups is 1. The molecule has 214 valence electrons. The quantitative estimate of drug-likeness (QED) is 0.170. The number of halogens is 1. The minimum atomic E-state index is -4.95. The zero-order valence-corrected chi connectivity index (χ0v) is 24.2. The number of rotatable bonds is 13. The van der Waals surface area contributed by atoms with Gasteiger partial charge in [-0.05, 0) is 57.2 Å². The highest BCUT2D eigenvalue weighted by atomic mass is 35.5. The lowest BCUT2D eigenvalue weighted by atomic mass is 9.97. The van der Waals surface area contributed by atoms with Crippen LogP contribution in [0.1, 0.15) is 47.0 Å². The highest BCUT2D eigenvalue weighted by molar-refractivity contribution is 8.00. The second kappa shape index (κ2) is 13.8. The number of amides is 3. The molecule has 1 aliphatic heterocycles. The third-order valence-electron chi connectivity index (χ3n) is 5.74. The van der Waals surface area contributed by atoms with Crippen molar-refractivity contribution in [3.05, 3.63) is 29.3 Å². The van der Waals surface area contributed by atoms with E-state index in [1.165, 1.54) is 11.8 Å². The molecule has 3 amide bonds. The van der Waals surface area contributed by atoms with Crippen molar-refractivity contribution in [2.45, 2.75) is 74.1 Å². The molecule has 14 heteroatoms. The average molecular weight is 594 g/mol. The van der Waals surface area contributed by atoms with Crippen molar-refractivity contribution in [1.29, 1.82) is 0 Å². The number of hydrogen-bond acceptors (Lipinski definition) is 8. The summed E-state index contributed by atoms with van der Waals surface area (Å²) in [6.07, 6.45) is -0.508. The summed E-state index contributed by atoms with van der Waals surface area (Å²) in [5.74, 6) is -1.83. The summed E-state index contributed by atoms with van der Waals surface area (Å²) in [6, 6.07) is 4.64. The third-order valence-corrected chi connectivity index (χ3v) is 8.07. The Kier molecular flexibility index (Phi) is 11.7. The highest BCUT2D eigenvalue weighted by Crippen LogP contribution is 2.33. The summed E-state index contributed by atoms with van der Waals surface area (Å²) in [5.41, 5.74) is -2.35. The van der Waals surface area contributed by atoms with E-state index in [0.717, 1.165) is 4.90 Å². The fraction of sp³-hybridized carbons (Fsp3) is 0.625. The van der Waals surface area contributed by atoms with Gasteiger partial charge in [-0.25, -0.2) is 4.79 Å². The molecule has 4 atom stereocenters. The number of aliphatic hydroxyl groups is 1. The van der Waals surface area contributed by atoms with E-state index in [-0.39, 0.29) is 31.3 Å². The number of aliphatic hydroxyl groups excluding tert-OH is 1. The van der Waals surface area contributed by atoms with Crippen molar-refractivity contribution in [3.63, 3.8) is 0 Å². The molecule has 1 aliphatic rings. The monoisotopic (exact) mass is 593 g/mol. The summed E-state index contributed by atoms with van der Waals surface area (Å²) in [4.78, 5) is 38.6. The van der Waals surface area contributed by atoms with Crippen LogP contribution in [0.3, 0.4) is 0 Å². The fourth-order valence-corrected chi connectivity index (χ4v) is 5.86. The predicted octanol–water partition coefficient (Wildman–Crippen LogP) is 2.57. The van der Waals surface area contributed by atoms with E-state index in [1.54, 1.807) is 12.1 Å². The first-order valence-electron chi connectivity index (χ1n) is 12.2. The second-order valence-electron chi connectivity index (χ2n) is 10.3. The highest BCUT2D eigenvalue weighted by Gasteiger charge is 2.38. The van der Waals surface area contributed by atoms with Gasteiger partial charge >= 0.3 is 6.09 Å². The Morgan fingerprint density at radius 1 is 1.29 bits per heavy atom. The molecule has 1 aromatic rings. The summed E-state index contributed by atoms with van der Waals surface area (Å²) in [5, 5.41) is 18.3. The van der Waals surface area contributed by atoms with Crippen LogP contribution in [0.5, 0.6) is 0 Å². The predicted molar refractivity (Wildman–Crippen MR) is 144 cm³/mol. The van der Waals surface area contributed by atoms with Crippen molar-refractivity contribution in [2.24, 2.45) is 11.8 Å². The average Bonchev–Trinajstić information content (AvgIpc) is 3.19. The van der Waals surface area contributed by atoms with Crippen molar-refractivity contribution < 1.29 is 37.2 Å². The number of hydrogen-bond donors (Lipinski definition) is 5. The molecule has 0 spiro atoms. The van der Waals surface area contributed by atoms with Gasteiger partial charge in [-0.15, -0.1) is 11.8 Å². The van der Waals surface area contributed by atoms with Gasteiger partial charge < -0.3 is 25.8 Å². The summed E-state index contributed by atoms with van der Waals surface area (Å²) in [6.45, 7) is 7.79. The van der Waals surface area contributed by atoms with E-state index in [4.69, 9.17) is 16.3 Å². The Balaban J connectivity index is 2.06. The minimum absolute atomic E-state index is 0.00686. The van der Waals surface area contributed by atoms with E-state index in [1.807, 2.05) is 39.8 Å². The van der Waals surface area contributed by atoms with Crippen LogP contribution >= 0.6 is 23.4 Å². The van der Waals surface area contributed by atoms with E-state index in [9.17, 15) is 32.5 Å². The zero-order chi connectivity index (χ0) is 28.7. The Hall–Kier alpha value is -2.06. The number of carbonyl (C=O) groups excluding carboxylic acids is 3. The first-order valence-corrected chi connectivity index (χ1v) is 14.9. The van der Waals surface area contributed by atoms with Gasteiger partial charge in [0, 0.05) is 27.1 Å². The van der Waals surface area contributed by atoms with Gasteiger partial charge in [0.15, 0.2) is 0 Å². The normalized spacial score (nSPS) is 18.4. The molecule has 2 rings (SSSR count). The van der Waals surface area contributed by atoms with Crippen LogP contribution in [0.25, 0.3) is 0 Å². The van der Waals surface area contributed by atoms with Crippen LogP contribution in [0.15, 0.2) is 29.2 Å². The molecule has 1 aromatic carbocycles. The first kappa shape index (κ1) is 32.2. The second-order valence-corrected chi connectivity index (χ2v) is 14.0. The first-order chi connectivity index (χ1) is 17.6. The summed E-state index contributed by atoms with van der Waals surface area (Å²) in [7, 11) is -4.95. The number of benzene rings is 1. The summed E-state index contributed by atoms with van der Waals surface area (Å²) < 4.78 is 37.5. The molecular formula is C24H36ClN3O8S2. The molecule has 1 saturated heterocycles.